The second-order valence-electron chi connectivity index (χ2n) is 12.4. The second kappa shape index (κ2) is 12.7. The van der Waals surface area contributed by atoms with Gasteiger partial charge in [0.15, 0.2) is 0 Å². The summed E-state index contributed by atoms with van der Waals surface area (Å²) in [4.78, 5) is 4.70. The van der Waals surface area contributed by atoms with E-state index in [4.69, 9.17) is 14.8 Å². The molecule has 0 fully saturated rings. The van der Waals surface area contributed by atoms with E-state index in [0.717, 1.165) is 44.6 Å². The topological polar surface area (TPSA) is 44.9 Å². The van der Waals surface area contributed by atoms with Crippen molar-refractivity contribution in [2.75, 3.05) is 0 Å². The van der Waals surface area contributed by atoms with Gasteiger partial charge in [-0.15, -0.1) is 35.7 Å². The Morgan fingerprint density at radius 3 is 2.22 bits per heavy atom. The van der Waals surface area contributed by atoms with E-state index >= 15 is 0 Å². The summed E-state index contributed by atoms with van der Waals surface area (Å²) < 4.78 is 10.7. The Morgan fingerprint density at radius 1 is 0.717 bits per heavy atom. The van der Waals surface area contributed by atoms with Gasteiger partial charge in [-0.1, -0.05) is 81.2 Å². The molecule has 0 spiro atoms. The monoisotopic (exact) mass is 694 g/mol. The molecular formula is C40H36N4OPd. The second-order valence-corrected chi connectivity index (χ2v) is 12.4. The zero-order chi connectivity index (χ0) is 31.2. The molecule has 0 saturated carbocycles. The average Bonchev–Trinajstić information content (AvgIpc) is 3.59. The van der Waals surface area contributed by atoms with Gasteiger partial charge in [0.1, 0.15) is 5.82 Å². The molecule has 0 saturated heterocycles. The summed E-state index contributed by atoms with van der Waals surface area (Å²) in [7, 11) is 0. The van der Waals surface area contributed by atoms with Crippen molar-refractivity contribution in [2.45, 2.75) is 53.4 Å². The average molecular weight is 695 g/mol. The van der Waals surface area contributed by atoms with Gasteiger partial charge in [-0.2, -0.15) is 17.2 Å². The van der Waals surface area contributed by atoms with Gasteiger partial charge < -0.3 is 9.30 Å². The fourth-order valence-electron chi connectivity index (χ4n) is 6.14. The summed E-state index contributed by atoms with van der Waals surface area (Å²) in [5.41, 5.74) is 9.87. The van der Waals surface area contributed by atoms with Crippen molar-refractivity contribution in [2.24, 2.45) is 0 Å². The molecule has 0 atom stereocenters. The number of rotatable bonds is 7. The van der Waals surface area contributed by atoms with E-state index in [1.54, 1.807) is 0 Å². The van der Waals surface area contributed by atoms with E-state index in [0.29, 0.717) is 11.5 Å². The van der Waals surface area contributed by atoms with Crippen molar-refractivity contribution in [3.8, 4) is 34.1 Å². The fraction of sp³-hybridized carbons (Fsp3) is 0.200. The molecule has 0 bridgehead atoms. The first kappa shape index (κ1) is 31.5. The van der Waals surface area contributed by atoms with E-state index in [-0.39, 0.29) is 32.3 Å². The van der Waals surface area contributed by atoms with Crippen molar-refractivity contribution in [3.63, 3.8) is 0 Å². The molecule has 0 N–H and O–H groups in total. The van der Waals surface area contributed by atoms with Crippen molar-refractivity contribution >= 4 is 21.8 Å². The minimum Gasteiger partial charge on any atom is -0.509 e. The summed E-state index contributed by atoms with van der Waals surface area (Å²) in [6.07, 6.45) is 1.85. The maximum atomic E-state index is 6.46. The normalized spacial score (nSPS) is 11.5. The molecule has 7 aromatic rings. The number of benzene rings is 4. The van der Waals surface area contributed by atoms with E-state index < -0.39 is 0 Å². The van der Waals surface area contributed by atoms with Gasteiger partial charge >= 0.3 is 20.4 Å². The summed E-state index contributed by atoms with van der Waals surface area (Å²) in [6.45, 7) is 13.1. The number of fused-ring (bicyclic) bond motifs is 3. The van der Waals surface area contributed by atoms with Crippen LogP contribution in [-0.2, 0) is 20.4 Å². The summed E-state index contributed by atoms with van der Waals surface area (Å²) in [5.74, 6) is 2.57. The molecule has 5 nitrogen and oxygen atoms in total. The molecule has 232 valence electrons. The van der Waals surface area contributed by atoms with Gasteiger partial charge in [-0.3, -0.25) is 4.68 Å². The molecule has 3 aromatic heterocycles. The molecule has 0 amide bonds. The summed E-state index contributed by atoms with van der Waals surface area (Å²) in [5, 5.41) is 7.43. The standard InChI is InChI=1S/C40H36N4O.Pd/c1-25(2)39-38(29-16-14-27(5)15-17-29)40(26(3)4)44(42-39)30-10-9-11-31(23-30)45-32-18-19-34-33-12-7-8-13-35(33)43(36(34)24-32)37-22-28(6)20-21-41-37;/h7-22,25-26H,1-6H3;/q-2;+2. The van der Waals surface area contributed by atoms with E-state index in [1.807, 2.05) is 36.5 Å². The maximum Gasteiger partial charge on any atom is 2.00 e. The number of para-hydroxylation sites is 1. The van der Waals surface area contributed by atoms with Crippen molar-refractivity contribution in [1.82, 2.24) is 19.3 Å². The van der Waals surface area contributed by atoms with Crippen LogP contribution in [0.2, 0.25) is 0 Å². The van der Waals surface area contributed by atoms with Crippen LogP contribution in [0.25, 0.3) is 44.4 Å². The number of pyridine rings is 1. The molecular weight excluding hydrogens is 659 g/mol. The van der Waals surface area contributed by atoms with E-state index in [2.05, 4.69) is 124 Å². The molecule has 0 aliphatic heterocycles. The van der Waals surface area contributed by atoms with Crippen LogP contribution in [0, 0.1) is 26.0 Å². The number of aromatic nitrogens is 4. The molecule has 46 heavy (non-hydrogen) atoms. The molecule has 7 rings (SSSR count). The van der Waals surface area contributed by atoms with Crippen LogP contribution in [0.1, 0.15) is 62.0 Å². The van der Waals surface area contributed by atoms with Gasteiger partial charge in [0.25, 0.3) is 0 Å². The minimum absolute atomic E-state index is 0. The molecule has 6 heteroatoms. The van der Waals surface area contributed by atoms with Crippen LogP contribution in [0.15, 0.2) is 97.2 Å². The van der Waals surface area contributed by atoms with Crippen LogP contribution in [0.4, 0.5) is 0 Å². The third-order valence-corrected chi connectivity index (χ3v) is 8.27. The summed E-state index contributed by atoms with van der Waals surface area (Å²) in [6, 6.07) is 38.4. The molecule has 0 aliphatic carbocycles. The number of hydrogen-bond donors (Lipinski definition) is 0. The third kappa shape index (κ3) is 5.68. The predicted molar refractivity (Wildman–Crippen MR) is 183 cm³/mol. The quantitative estimate of drug-likeness (QED) is 0.123. The van der Waals surface area contributed by atoms with E-state index in [1.165, 1.54) is 22.4 Å². The molecule has 3 heterocycles. The minimum atomic E-state index is 0. The largest absolute Gasteiger partial charge is 2.00 e. The van der Waals surface area contributed by atoms with Crippen LogP contribution in [-0.4, -0.2) is 19.3 Å². The first-order valence-corrected chi connectivity index (χ1v) is 15.6. The Hall–Kier alpha value is -4.50. The zero-order valence-electron chi connectivity index (χ0n) is 26.9. The number of hydrogen-bond acceptors (Lipinski definition) is 3. The van der Waals surface area contributed by atoms with Crippen LogP contribution in [0.3, 0.4) is 0 Å². The molecule has 0 aliphatic rings. The smallest absolute Gasteiger partial charge is 0.509 e. The van der Waals surface area contributed by atoms with Gasteiger partial charge in [0, 0.05) is 28.8 Å². The van der Waals surface area contributed by atoms with Crippen LogP contribution >= 0.6 is 0 Å². The number of nitrogens with zero attached hydrogens (tertiary/aromatic N) is 4. The maximum absolute atomic E-state index is 6.46. The number of ether oxygens (including phenoxy) is 1. The number of aryl methyl sites for hydroxylation is 2. The molecule has 4 aromatic carbocycles. The Kier molecular flexibility index (Phi) is 8.70. The van der Waals surface area contributed by atoms with Gasteiger partial charge in [-0.05, 0) is 66.1 Å². The molecule has 0 radical (unpaired) electrons. The van der Waals surface area contributed by atoms with Crippen molar-refractivity contribution in [3.05, 3.63) is 132 Å². The Balaban J connectivity index is 0.00000372. The first-order chi connectivity index (χ1) is 21.8. The fourth-order valence-corrected chi connectivity index (χ4v) is 6.14. The van der Waals surface area contributed by atoms with Gasteiger partial charge in [0.2, 0.25) is 0 Å². The SMILES string of the molecule is Cc1ccc(-c2c(C(C)C)nn(-c3[c-]c(Oc4[c-]c5c(cc4)c4ccccc4n5-c4cc(C)ccn4)ccc3)c2C(C)C)cc1.[Pd+2]. The van der Waals surface area contributed by atoms with Gasteiger partial charge in [0.05, 0.1) is 11.4 Å². The van der Waals surface area contributed by atoms with E-state index in [9.17, 15) is 0 Å². The van der Waals surface area contributed by atoms with Crippen molar-refractivity contribution < 1.29 is 25.2 Å². The Morgan fingerprint density at radius 2 is 1.48 bits per heavy atom. The first-order valence-electron chi connectivity index (χ1n) is 15.6. The van der Waals surface area contributed by atoms with Crippen LogP contribution in [0.5, 0.6) is 11.5 Å². The van der Waals surface area contributed by atoms with Crippen LogP contribution < -0.4 is 4.74 Å². The Labute approximate surface area is 284 Å². The zero-order valence-corrected chi connectivity index (χ0v) is 28.5. The molecule has 0 unspecified atom stereocenters. The van der Waals surface area contributed by atoms with Crippen molar-refractivity contribution in [1.29, 1.82) is 0 Å². The van der Waals surface area contributed by atoms with Gasteiger partial charge in [-0.25, -0.2) is 4.98 Å². The Bertz CT molecular complexity index is 2170. The predicted octanol–water partition coefficient (Wildman–Crippen LogP) is 10.3. The third-order valence-electron chi connectivity index (χ3n) is 8.27. The summed E-state index contributed by atoms with van der Waals surface area (Å²) >= 11 is 0.